The first kappa shape index (κ1) is 12.6. The third-order valence-electron chi connectivity index (χ3n) is 2.43. The van der Waals surface area contributed by atoms with E-state index in [0.717, 1.165) is 16.9 Å². The van der Waals surface area contributed by atoms with Gasteiger partial charge in [-0.15, -0.1) is 0 Å². The van der Waals surface area contributed by atoms with Crippen LogP contribution in [0.4, 0.5) is 5.69 Å². The lowest BCUT2D eigenvalue weighted by molar-refractivity contribution is 0.102. The summed E-state index contributed by atoms with van der Waals surface area (Å²) >= 11 is 5.90. The van der Waals surface area contributed by atoms with Gasteiger partial charge in [-0.3, -0.25) is 4.79 Å². The van der Waals surface area contributed by atoms with Crippen LogP contribution >= 0.6 is 11.6 Å². The third-order valence-corrected chi connectivity index (χ3v) is 2.64. The van der Waals surface area contributed by atoms with E-state index in [1.807, 2.05) is 31.2 Å². The van der Waals surface area contributed by atoms with E-state index in [9.17, 15) is 4.79 Å². The number of aromatic nitrogens is 1. The average Bonchev–Trinajstić information content (AvgIpc) is 2.27. The zero-order valence-electron chi connectivity index (χ0n) is 10.2. The van der Waals surface area contributed by atoms with E-state index >= 15 is 0 Å². The molecule has 0 radical (unpaired) electrons. The van der Waals surface area contributed by atoms with E-state index in [4.69, 9.17) is 11.6 Å². The number of carbonyl (C=O) groups excluding carboxylic acids is 1. The summed E-state index contributed by atoms with van der Waals surface area (Å²) in [5, 5.41) is 3.30. The third kappa shape index (κ3) is 3.08. The molecule has 3 nitrogen and oxygen atoms in total. The molecule has 0 saturated carbocycles. The lowest BCUT2D eigenvalue weighted by Gasteiger charge is -2.06. The van der Waals surface area contributed by atoms with Crippen molar-refractivity contribution in [3.63, 3.8) is 0 Å². The largest absolute Gasteiger partial charge is 0.321 e. The lowest BCUT2D eigenvalue weighted by atomic mass is 10.2. The molecule has 1 heterocycles. The zero-order valence-corrected chi connectivity index (χ0v) is 11.0. The summed E-state index contributed by atoms with van der Waals surface area (Å²) in [6, 6.07) is 10.9. The molecule has 0 unspecified atom stereocenters. The fourth-order valence-electron chi connectivity index (χ4n) is 1.66. The maximum Gasteiger partial charge on any atom is 0.274 e. The monoisotopic (exact) mass is 260 g/mol. The van der Waals surface area contributed by atoms with Crippen LogP contribution in [-0.2, 0) is 0 Å². The van der Waals surface area contributed by atoms with Crippen molar-refractivity contribution in [1.82, 2.24) is 4.98 Å². The fraction of sp³-hybridized carbons (Fsp3) is 0.143. The van der Waals surface area contributed by atoms with Crippen molar-refractivity contribution in [3.05, 3.63) is 58.4 Å². The maximum absolute atomic E-state index is 12.0. The predicted molar refractivity (Wildman–Crippen MR) is 73.1 cm³/mol. The minimum absolute atomic E-state index is 0.258. The number of halogens is 1. The van der Waals surface area contributed by atoms with E-state index in [2.05, 4.69) is 10.3 Å². The number of aryl methyl sites for hydroxylation is 2. The highest BCUT2D eigenvalue weighted by Gasteiger charge is 2.09. The molecule has 0 aliphatic heterocycles. The number of anilines is 1. The van der Waals surface area contributed by atoms with Crippen molar-refractivity contribution in [2.75, 3.05) is 5.32 Å². The SMILES string of the molecule is Cc1cccc(NC(=O)c2cc(Cl)cc(C)n2)c1. The molecular formula is C14H13ClN2O. The van der Waals surface area contributed by atoms with Gasteiger partial charge in [0.05, 0.1) is 0 Å². The van der Waals surface area contributed by atoms with Gasteiger partial charge in [-0.1, -0.05) is 23.7 Å². The Hall–Kier alpha value is -1.87. The second-order valence-corrected chi connectivity index (χ2v) is 4.57. The van der Waals surface area contributed by atoms with E-state index < -0.39 is 0 Å². The Balaban J connectivity index is 2.22. The quantitative estimate of drug-likeness (QED) is 0.896. The molecule has 2 rings (SSSR count). The van der Waals surface area contributed by atoms with Gasteiger partial charge in [-0.25, -0.2) is 4.98 Å². The molecule has 0 saturated heterocycles. The topological polar surface area (TPSA) is 42.0 Å². The Labute approximate surface area is 111 Å². The first-order chi connectivity index (χ1) is 8.54. The van der Waals surface area contributed by atoms with E-state index in [0.29, 0.717) is 10.7 Å². The Morgan fingerprint density at radius 3 is 2.67 bits per heavy atom. The van der Waals surface area contributed by atoms with Crippen LogP contribution in [0.3, 0.4) is 0 Å². The predicted octanol–water partition coefficient (Wildman–Crippen LogP) is 3.60. The van der Waals surface area contributed by atoms with Crippen molar-refractivity contribution in [1.29, 1.82) is 0 Å². The molecule has 18 heavy (non-hydrogen) atoms. The molecule has 0 fully saturated rings. The first-order valence-electron chi connectivity index (χ1n) is 5.57. The second kappa shape index (κ2) is 5.19. The number of benzene rings is 1. The number of carbonyl (C=O) groups is 1. The summed E-state index contributed by atoms with van der Waals surface area (Å²) in [7, 11) is 0. The first-order valence-corrected chi connectivity index (χ1v) is 5.94. The number of hydrogen-bond donors (Lipinski definition) is 1. The van der Waals surface area contributed by atoms with Crippen molar-refractivity contribution in [2.24, 2.45) is 0 Å². The molecule has 0 spiro atoms. The normalized spacial score (nSPS) is 10.2. The highest BCUT2D eigenvalue weighted by atomic mass is 35.5. The fourth-order valence-corrected chi connectivity index (χ4v) is 1.92. The molecule has 1 amide bonds. The molecule has 0 atom stereocenters. The lowest BCUT2D eigenvalue weighted by Crippen LogP contribution is -2.14. The van der Waals surface area contributed by atoms with Crippen LogP contribution in [0.2, 0.25) is 5.02 Å². The summed E-state index contributed by atoms with van der Waals surface area (Å²) in [6.45, 7) is 3.77. The average molecular weight is 261 g/mol. The number of pyridine rings is 1. The standard InChI is InChI=1S/C14H13ClN2O/c1-9-4-3-5-12(6-9)17-14(18)13-8-11(15)7-10(2)16-13/h3-8H,1-2H3,(H,17,18). The van der Waals surface area contributed by atoms with Gasteiger partial charge in [0, 0.05) is 16.4 Å². The van der Waals surface area contributed by atoms with Gasteiger partial charge < -0.3 is 5.32 Å². The summed E-state index contributed by atoms with van der Waals surface area (Å²) in [5.41, 5.74) is 2.88. The van der Waals surface area contributed by atoms with Crippen molar-refractivity contribution in [3.8, 4) is 0 Å². The van der Waals surface area contributed by atoms with Crippen molar-refractivity contribution in [2.45, 2.75) is 13.8 Å². The smallest absolute Gasteiger partial charge is 0.274 e. The van der Waals surface area contributed by atoms with Gasteiger partial charge in [0.25, 0.3) is 5.91 Å². The number of nitrogens with one attached hydrogen (secondary N) is 1. The van der Waals surface area contributed by atoms with Crippen LogP contribution < -0.4 is 5.32 Å². The molecule has 1 N–H and O–H groups in total. The van der Waals surface area contributed by atoms with E-state index in [1.165, 1.54) is 0 Å². The minimum atomic E-state index is -0.258. The van der Waals surface area contributed by atoms with Crippen LogP contribution in [0.5, 0.6) is 0 Å². The van der Waals surface area contributed by atoms with Gasteiger partial charge in [0.2, 0.25) is 0 Å². The second-order valence-electron chi connectivity index (χ2n) is 4.14. The number of rotatable bonds is 2. The Morgan fingerprint density at radius 2 is 2.00 bits per heavy atom. The van der Waals surface area contributed by atoms with Crippen LogP contribution in [0.25, 0.3) is 0 Å². The highest BCUT2D eigenvalue weighted by Crippen LogP contribution is 2.14. The molecule has 92 valence electrons. The molecule has 1 aromatic carbocycles. The highest BCUT2D eigenvalue weighted by molar-refractivity contribution is 6.31. The summed E-state index contributed by atoms with van der Waals surface area (Å²) in [6.07, 6.45) is 0. The van der Waals surface area contributed by atoms with Gasteiger partial charge in [0.1, 0.15) is 5.69 Å². The van der Waals surface area contributed by atoms with Gasteiger partial charge in [-0.05, 0) is 43.7 Å². The molecule has 0 aliphatic rings. The Morgan fingerprint density at radius 1 is 1.22 bits per heavy atom. The number of amides is 1. The summed E-state index contributed by atoms with van der Waals surface area (Å²) in [5.74, 6) is -0.258. The number of hydrogen-bond acceptors (Lipinski definition) is 2. The number of nitrogens with zero attached hydrogens (tertiary/aromatic N) is 1. The van der Waals surface area contributed by atoms with Crippen LogP contribution in [-0.4, -0.2) is 10.9 Å². The van der Waals surface area contributed by atoms with E-state index in [-0.39, 0.29) is 5.91 Å². The van der Waals surface area contributed by atoms with Gasteiger partial charge in [-0.2, -0.15) is 0 Å². The molecular weight excluding hydrogens is 248 g/mol. The maximum atomic E-state index is 12.0. The van der Waals surface area contributed by atoms with E-state index in [1.54, 1.807) is 19.1 Å². The summed E-state index contributed by atoms with van der Waals surface area (Å²) in [4.78, 5) is 16.2. The zero-order chi connectivity index (χ0) is 13.1. The Kier molecular flexibility index (Phi) is 3.63. The molecule has 1 aromatic heterocycles. The molecule has 4 heteroatoms. The molecule has 0 aliphatic carbocycles. The minimum Gasteiger partial charge on any atom is -0.321 e. The van der Waals surface area contributed by atoms with Crippen LogP contribution in [0, 0.1) is 13.8 Å². The van der Waals surface area contributed by atoms with Gasteiger partial charge >= 0.3 is 0 Å². The van der Waals surface area contributed by atoms with Gasteiger partial charge in [0.15, 0.2) is 0 Å². The molecule has 0 bridgehead atoms. The van der Waals surface area contributed by atoms with Crippen molar-refractivity contribution < 1.29 is 4.79 Å². The Bertz CT molecular complexity index is 576. The van der Waals surface area contributed by atoms with Crippen molar-refractivity contribution >= 4 is 23.2 Å². The molecule has 2 aromatic rings. The van der Waals surface area contributed by atoms with Crippen LogP contribution in [0.1, 0.15) is 21.7 Å². The summed E-state index contributed by atoms with van der Waals surface area (Å²) < 4.78 is 0. The van der Waals surface area contributed by atoms with Crippen LogP contribution in [0.15, 0.2) is 36.4 Å².